The zero-order valence-electron chi connectivity index (χ0n) is 23.2. The lowest BCUT2D eigenvalue weighted by Crippen LogP contribution is -2.37. The van der Waals surface area contributed by atoms with Gasteiger partial charge in [0.25, 0.3) is 0 Å². The Kier molecular flexibility index (Phi) is 8.78. The van der Waals surface area contributed by atoms with E-state index in [9.17, 15) is 9.90 Å². The van der Waals surface area contributed by atoms with Crippen molar-refractivity contribution in [1.82, 2.24) is 10.2 Å². The van der Waals surface area contributed by atoms with Crippen LogP contribution in [-0.4, -0.2) is 83.9 Å². The fraction of sp³-hybridized carbons (Fsp3) is 0.433. The Morgan fingerprint density at radius 2 is 1.82 bits per heavy atom. The van der Waals surface area contributed by atoms with Crippen LogP contribution in [0.1, 0.15) is 18.4 Å². The van der Waals surface area contributed by atoms with Crippen LogP contribution in [0.25, 0.3) is 27.9 Å². The average molecular weight is 553 g/mol. The monoisotopic (exact) mass is 552 g/mol. The fourth-order valence-electron chi connectivity index (χ4n) is 5.22. The molecule has 2 aromatic carbocycles. The second-order valence-corrected chi connectivity index (χ2v) is 9.68. The first-order valence-corrected chi connectivity index (χ1v) is 13.5. The lowest BCUT2D eigenvalue weighted by atomic mass is 9.96. The molecule has 5 rings (SSSR count). The van der Waals surface area contributed by atoms with Crippen molar-refractivity contribution in [2.75, 3.05) is 73.9 Å². The van der Waals surface area contributed by atoms with Gasteiger partial charge in [-0.1, -0.05) is 6.08 Å². The molecular formula is C30H36N2O8. The maximum absolute atomic E-state index is 13.7. The van der Waals surface area contributed by atoms with Crippen LogP contribution in [0.2, 0.25) is 0 Å². The Bertz CT molecular complexity index is 1440. The molecule has 0 saturated carbocycles. The molecule has 1 fully saturated rings. The van der Waals surface area contributed by atoms with Gasteiger partial charge in [0.1, 0.15) is 16.9 Å². The van der Waals surface area contributed by atoms with Gasteiger partial charge >= 0.3 is 0 Å². The van der Waals surface area contributed by atoms with Crippen LogP contribution >= 0.6 is 0 Å². The van der Waals surface area contributed by atoms with Crippen LogP contribution in [0.5, 0.6) is 28.7 Å². The third kappa shape index (κ3) is 5.60. The highest BCUT2D eigenvalue weighted by Gasteiger charge is 2.26. The summed E-state index contributed by atoms with van der Waals surface area (Å²) in [5.74, 6) is 1.50. The van der Waals surface area contributed by atoms with E-state index >= 15 is 0 Å². The molecule has 10 heteroatoms. The third-order valence-electron chi connectivity index (χ3n) is 7.28. The van der Waals surface area contributed by atoms with Gasteiger partial charge in [-0.25, -0.2) is 0 Å². The van der Waals surface area contributed by atoms with Crippen molar-refractivity contribution >= 4 is 16.5 Å². The summed E-state index contributed by atoms with van der Waals surface area (Å²) < 4.78 is 34.7. The summed E-state index contributed by atoms with van der Waals surface area (Å²) in [5.41, 5.74) is 1.96. The Morgan fingerprint density at radius 1 is 1.02 bits per heavy atom. The molecule has 0 radical (unpaired) electrons. The molecule has 214 valence electrons. The number of phenols is 1. The van der Waals surface area contributed by atoms with E-state index in [-0.39, 0.29) is 28.2 Å². The third-order valence-corrected chi connectivity index (χ3v) is 7.28. The van der Waals surface area contributed by atoms with E-state index in [4.69, 9.17) is 28.1 Å². The number of nitrogens with one attached hydrogen (secondary N) is 1. The van der Waals surface area contributed by atoms with E-state index in [1.807, 2.05) is 6.08 Å². The minimum absolute atomic E-state index is 0.0124. The fourth-order valence-corrected chi connectivity index (χ4v) is 5.22. The molecule has 0 atom stereocenters. The summed E-state index contributed by atoms with van der Waals surface area (Å²) in [6.45, 7) is 6.23. The smallest absolute Gasteiger partial charge is 0.239 e. The van der Waals surface area contributed by atoms with Crippen LogP contribution in [0.4, 0.5) is 0 Å². The molecule has 3 aromatic rings. The van der Waals surface area contributed by atoms with Crippen molar-refractivity contribution in [3.8, 4) is 40.1 Å². The molecule has 0 aliphatic carbocycles. The van der Waals surface area contributed by atoms with Crippen LogP contribution in [0.3, 0.4) is 0 Å². The molecular weight excluding hydrogens is 516 g/mol. The largest absolute Gasteiger partial charge is 0.507 e. The number of benzene rings is 2. The predicted molar refractivity (Wildman–Crippen MR) is 152 cm³/mol. The minimum Gasteiger partial charge on any atom is -0.507 e. The molecule has 3 heterocycles. The Hall–Kier alpha value is -3.73. The number of phenolic OH excluding ortho intramolecular Hbond substituents is 1. The zero-order chi connectivity index (χ0) is 28.1. The van der Waals surface area contributed by atoms with E-state index in [1.165, 1.54) is 20.3 Å². The first-order valence-electron chi connectivity index (χ1n) is 13.5. The molecule has 40 heavy (non-hydrogen) atoms. The van der Waals surface area contributed by atoms with E-state index in [0.717, 1.165) is 51.4 Å². The number of aromatic hydroxyl groups is 1. The first-order chi connectivity index (χ1) is 19.5. The maximum Gasteiger partial charge on any atom is 0.239 e. The van der Waals surface area contributed by atoms with E-state index in [2.05, 4.69) is 10.2 Å². The van der Waals surface area contributed by atoms with Gasteiger partial charge in [0.2, 0.25) is 11.2 Å². The Labute approximate surface area is 233 Å². The highest BCUT2D eigenvalue weighted by Crippen LogP contribution is 2.43. The number of morpholine rings is 1. The summed E-state index contributed by atoms with van der Waals surface area (Å²) in [5, 5.41) is 14.2. The van der Waals surface area contributed by atoms with Crippen molar-refractivity contribution in [2.45, 2.75) is 12.8 Å². The topological polar surface area (TPSA) is 112 Å². The van der Waals surface area contributed by atoms with E-state index in [1.54, 1.807) is 25.3 Å². The van der Waals surface area contributed by atoms with Crippen molar-refractivity contribution in [3.05, 3.63) is 46.1 Å². The van der Waals surface area contributed by atoms with Gasteiger partial charge in [-0.3, -0.25) is 9.69 Å². The maximum atomic E-state index is 13.7. The number of hydrogen-bond donors (Lipinski definition) is 2. The number of nitrogens with zero attached hydrogens (tertiary/aromatic N) is 1. The second kappa shape index (κ2) is 12.6. The van der Waals surface area contributed by atoms with Gasteiger partial charge in [-0.2, -0.15) is 0 Å². The highest BCUT2D eigenvalue weighted by molar-refractivity contribution is 5.98. The summed E-state index contributed by atoms with van der Waals surface area (Å²) >= 11 is 0. The second-order valence-electron chi connectivity index (χ2n) is 9.68. The summed E-state index contributed by atoms with van der Waals surface area (Å²) in [7, 11) is 4.52. The Morgan fingerprint density at radius 3 is 2.52 bits per heavy atom. The molecule has 10 nitrogen and oxygen atoms in total. The summed E-state index contributed by atoms with van der Waals surface area (Å²) in [6.07, 6.45) is 3.60. The molecule has 2 aliphatic heterocycles. The lowest BCUT2D eigenvalue weighted by molar-refractivity contribution is 0.0357. The van der Waals surface area contributed by atoms with Crippen molar-refractivity contribution in [1.29, 1.82) is 0 Å². The van der Waals surface area contributed by atoms with Crippen LogP contribution < -0.4 is 29.7 Å². The van der Waals surface area contributed by atoms with Gasteiger partial charge in [-0.15, -0.1) is 0 Å². The van der Waals surface area contributed by atoms with Gasteiger partial charge in [-0.05, 0) is 43.2 Å². The number of ether oxygens (including phenoxy) is 5. The van der Waals surface area contributed by atoms with Crippen LogP contribution in [-0.2, 0) is 4.74 Å². The van der Waals surface area contributed by atoms with Crippen molar-refractivity contribution in [2.24, 2.45) is 0 Å². The van der Waals surface area contributed by atoms with Gasteiger partial charge in [0.15, 0.2) is 22.8 Å². The summed E-state index contributed by atoms with van der Waals surface area (Å²) in [4.78, 5) is 16.0. The number of fused-ring (bicyclic) bond motifs is 1. The van der Waals surface area contributed by atoms with Crippen molar-refractivity contribution < 1.29 is 33.2 Å². The van der Waals surface area contributed by atoms with Crippen LogP contribution in [0.15, 0.2) is 39.6 Å². The Balaban J connectivity index is 1.55. The number of rotatable bonds is 10. The molecule has 0 bridgehead atoms. The quantitative estimate of drug-likeness (QED) is 0.362. The van der Waals surface area contributed by atoms with Gasteiger partial charge in [0, 0.05) is 37.8 Å². The molecule has 2 N–H and O–H groups in total. The standard InChI is InChI=1S/C30H36N2O8/c1-35-22-6-5-20(17-23(22)39-14-4-11-32-12-15-38-16-13-32)28-30(37-3)27(34)26-21(33)18-24(36-2)25(29(26)40-28)19-7-9-31-10-8-19/h5-7,17-18,31,33H,4,8-16H2,1-3H3. The zero-order valence-corrected chi connectivity index (χ0v) is 23.2. The first kappa shape index (κ1) is 27.8. The number of methoxy groups -OCH3 is 3. The molecule has 1 aromatic heterocycles. The minimum atomic E-state index is -0.474. The summed E-state index contributed by atoms with van der Waals surface area (Å²) in [6, 6.07) is 6.79. The normalized spacial score (nSPS) is 16.0. The molecule has 0 unspecified atom stereocenters. The molecule has 1 saturated heterocycles. The van der Waals surface area contributed by atoms with E-state index in [0.29, 0.717) is 47.9 Å². The van der Waals surface area contributed by atoms with Crippen molar-refractivity contribution in [3.63, 3.8) is 0 Å². The predicted octanol–water partition coefficient (Wildman–Crippen LogP) is 3.67. The van der Waals surface area contributed by atoms with E-state index < -0.39 is 5.43 Å². The molecule has 2 aliphatic rings. The van der Waals surface area contributed by atoms with Gasteiger partial charge in [0.05, 0.1) is 46.7 Å². The molecule has 0 spiro atoms. The van der Waals surface area contributed by atoms with Crippen LogP contribution in [0, 0.1) is 0 Å². The SMILES string of the molecule is COc1ccc(-c2oc3c(C4=CCNCC4)c(OC)cc(O)c3c(=O)c2OC)cc1OCCCN1CCOCC1. The van der Waals surface area contributed by atoms with Gasteiger partial charge < -0.3 is 38.5 Å². The lowest BCUT2D eigenvalue weighted by Gasteiger charge is -2.26. The average Bonchev–Trinajstić information content (AvgIpc) is 2.99. The number of hydrogen-bond acceptors (Lipinski definition) is 10. The molecule has 0 amide bonds. The highest BCUT2D eigenvalue weighted by atomic mass is 16.5.